The summed E-state index contributed by atoms with van der Waals surface area (Å²) in [4.78, 5) is 4.42. The van der Waals surface area contributed by atoms with Gasteiger partial charge in [0, 0.05) is 12.6 Å². The molecule has 1 heterocycles. The molecule has 0 aliphatic heterocycles. The molecule has 1 aliphatic carbocycles. The van der Waals surface area contributed by atoms with Crippen molar-refractivity contribution in [1.29, 1.82) is 0 Å². The van der Waals surface area contributed by atoms with Crippen LogP contribution in [0, 0.1) is 5.92 Å². The Kier molecular flexibility index (Phi) is 5.00. The Labute approximate surface area is 110 Å². The third-order valence-electron chi connectivity index (χ3n) is 3.59. The van der Waals surface area contributed by atoms with Crippen molar-refractivity contribution in [2.45, 2.75) is 52.1 Å². The third-order valence-corrected chi connectivity index (χ3v) is 3.59. The Morgan fingerprint density at radius 1 is 1.33 bits per heavy atom. The lowest BCUT2D eigenvalue weighted by molar-refractivity contribution is 0.240. The number of hydrogen-bond acceptors (Lipinski definition) is 3. The van der Waals surface area contributed by atoms with Crippen molar-refractivity contribution in [2.24, 2.45) is 5.92 Å². The minimum atomic E-state index is 0.654. The summed E-state index contributed by atoms with van der Waals surface area (Å²) >= 11 is 0. The molecule has 0 bridgehead atoms. The predicted octanol–water partition coefficient (Wildman–Crippen LogP) is 3.15. The molecule has 0 amide bonds. The average Bonchev–Trinajstić information content (AvgIpc) is 3.23. The first-order valence-corrected chi connectivity index (χ1v) is 7.13. The predicted molar refractivity (Wildman–Crippen MR) is 73.7 cm³/mol. The van der Waals surface area contributed by atoms with Crippen LogP contribution in [0.25, 0.3) is 0 Å². The van der Waals surface area contributed by atoms with Crippen LogP contribution in [0.5, 0.6) is 5.75 Å². The molecule has 1 N–H and O–H groups in total. The van der Waals surface area contributed by atoms with Gasteiger partial charge in [-0.1, -0.05) is 26.7 Å². The van der Waals surface area contributed by atoms with Gasteiger partial charge in [0.15, 0.2) is 0 Å². The highest BCUT2D eigenvalue weighted by Crippen LogP contribution is 2.19. The van der Waals surface area contributed by atoms with Crippen molar-refractivity contribution in [3.05, 3.63) is 24.0 Å². The van der Waals surface area contributed by atoms with Crippen molar-refractivity contribution < 1.29 is 4.74 Å². The van der Waals surface area contributed by atoms with Crippen LogP contribution >= 0.6 is 0 Å². The van der Waals surface area contributed by atoms with E-state index in [2.05, 4.69) is 30.2 Å². The lowest BCUT2D eigenvalue weighted by Crippen LogP contribution is -2.16. The van der Waals surface area contributed by atoms with Crippen LogP contribution in [0.2, 0.25) is 0 Å². The van der Waals surface area contributed by atoms with E-state index in [1.807, 2.05) is 12.3 Å². The monoisotopic (exact) mass is 248 g/mol. The average molecular weight is 248 g/mol. The quantitative estimate of drug-likeness (QED) is 0.767. The standard InChI is InChI=1S/C15H24N2O/c1-3-12(4-2)11-18-15-8-7-14(17-10-15)9-16-13-5-6-13/h7-8,10,12-13,16H,3-6,9,11H2,1-2H3. The van der Waals surface area contributed by atoms with E-state index in [9.17, 15) is 0 Å². The van der Waals surface area contributed by atoms with Gasteiger partial charge in [-0.25, -0.2) is 0 Å². The Morgan fingerprint density at radius 3 is 2.67 bits per heavy atom. The molecule has 3 nitrogen and oxygen atoms in total. The topological polar surface area (TPSA) is 34.1 Å². The highest BCUT2D eigenvalue weighted by atomic mass is 16.5. The molecule has 0 unspecified atom stereocenters. The number of hydrogen-bond donors (Lipinski definition) is 1. The van der Waals surface area contributed by atoms with E-state index in [-0.39, 0.29) is 0 Å². The fraction of sp³-hybridized carbons (Fsp3) is 0.667. The number of nitrogens with zero attached hydrogens (tertiary/aromatic N) is 1. The molecule has 2 rings (SSSR count). The fourth-order valence-corrected chi connectivity index (χ4v) is 1.88. The maximum Gasteiger partial charge on any atom is 0.137 e. The zero-order valence-corrected chi connectivity index (χ0v) is 11.5. The maximum atomic E-state index is 5.76. The largest absolute Gasteiger partial charge is 0.492 e. The van der Waals surface area contributed by atoms with Crippen LogP contribution in [0.15, 0.2) is 18.3 Å². The summed E-state index contributed by atoms with van der Waals surface area (Å²) in [6.07, 6.45) is 6.82. The Morgan fingerprint density at radius 2 is 2.11 bits per heavy atom. The third kappa shape index (κ3) is 4.30. The molecule has 0 saturated heterocycles. The van der Waals surface area contributed by atoms with Gasteiger partial charge in [0.1, 0.15) is 5.75 Å². The van der Waals surface area contributed by atoms with E-state index in [1.165, 1.54) is 25.7 Å². The van der Waals surface area contributed by atoms with Crippen molar-refractivity contribution >= 4 is 0 Å². The van der Waals surface area contributed by atoms with Crippen LogP contribution < -0.4 is 10.1 Å². The summed E-state index contributed by atoms with van der Waals surface area (Å²) in [7, 11) is 0. The SMILES string of the molecule is CCC(CC)COc1ccc(CNC2CC2)nc1. The van der Waals surface area contributed by atoms with Crippen LogP contribution in [0.3, 0.4) is 0 Å². The molecule has 1 aliphatic rings. The van der Waals surface area contributed by atoms with Gasteiger partial charge in [-0.2, -0.15) is 0 Å². The molecule has 1 saturated carbocycles. The number of rotatable bonds is 8. The summed E-state index contributed by atoms with van der Waals surface area (Å²) < 4.78 is 5.76. The molecule has 0 aromatic carbocycles. The van der Waals surface area contributed by atoms with E-state index in [0.717, 1.165) is 30.6 Å². The van der Waals surface area contributed by atoms with E-state index in [0.29, 0.717) is 5.92 Å². The van der Waals surface area contributed by atoms with Crippen LogP contribution in [-0.2, 0) is 6.54 Å². The smallest absolute Gasteiger partial charge is 0.137 e. The molecule has 0 atom stereocenters. The summed E-state index contributed by atoms with van der Waals surface area (Å²) in [5.41, 5.74) is 1.09. The van der Waals surface area contributed by atoms with Crippen molar-refractivity contribution in [3.8, 4) is 5.75 Å². The van der Waals surface area contributed by atoms with E-state index >= 15 is 0 Å². The minimum Gasteiger partial charge on any atom is -0.492 e. The maximum absolute atomic E-state index is 5.76. The first-order valence-electron chi connectivity index (χ1n) is 7.13. The summed E-state index contributed by atoms with van der Waals surface area (Å²) in [6.45, 7) is 6.09. The second-order valence-corrected chi connectivity index (χ2v) is 5.13. The number of pyridine rings is 1. The lowest BCUT2D eigenvalue weighted by atomic mass is 10.1. The zero-order valence-electron chi connectivity index (χ0n) is 11.5. The molecular weight excluding hydrogens is 224 g/mol. The highest BCUT2D eigenvalue weighted by Gasteiger charge is 2.20. The van der Waals surface area contributed by atoms with E-state index < -0.39 is 0 Å². The van der Waals surface area contributed by atoms with E-state index in [4.69, 9.17) is 4.74 Å². The van der Waals surface area contributed by atoms with Gasteiger partial charge in [0.05, 0.1) is 18.5 Å². The summed E-state index contributed by atoms with van der Waals surface area (Å²) in [5.74, 6) is 1.54. The van der Waals surface area contributed by atoms with Gasteiger partial charge in [-0.05, 0) is 30.9 Å². The normalized spacial score (nSPS) is 15.1. The van der Waals surface area contributed by atoms with Crippen molar-refractivity contribution in [1.82, 2.24) is 10.3 Å². The van der Waals surface area contributed by atoms with Crippen molar-refractivity contribution in [2.75, 3.05) is 6.61 Å². The first kappa shape index (κ1) is 13.3. The second-order valence-electron chi connectivity index (χ2n) is 5.13. The molecule has 0 spiro atoms. The second kappa shape index (κ2) is 6.74. The number of aromatic nitrogens is 1. The lowest BCUT2D eigenvalue weighted by Gasteiger charge is -2.13. The van der Waals surface area contributed by atoms with Gasteiger partial charge in [-0.3, -0.25) is 4.98 Å². The van der Waals surface area contributed by atoms with E-state index in [1.54, 1.807) is 0 Å². The van der Waals surface area contributed by atoms with Gasteiger partial charge < -0.3 is 10.1 Å². The summed E-state index contributed by atoms with van der Waals surface area (Å²) in [5, 5.41) is 3.46. The molecule has 18 heavy (non-hydrogen) atoms. The van der Waals surface area contributed by atoms with Gasteiger partial charge in [0.25, 0.3) is 0 Å². The summed E-state index contributed by atoms with van der Waals surface area (Å²) in [6, 6.07) is 4.81. The van der Waals surface area contributed by atoms with Gasteiger partial charge in [-0.15, -0.1) is 0 Å². The first-order chi connectivity index (χ1) is 8.81. The van der Waals surface area contributed by atoms with Crippen LogP contribution in [0.4, 0.5) is 0 Å². The molecular formula is C15H24N2O. The zero-order chi connectivity index (χ0) is 12.8. The van der Waals surface area contributed by atoms with Crippen molar-refractivity contribution in [3.63, 3.8) is 0 Å². The molecule has 0 radical (unpaired) electrons. The number of ether oxygens (including phenoxy) is 1. The Bertz CT molecular complexity index is 342. The van der Waals surface area contributed by atoms with Gasteiger partial charge >= 0.3 is 0 Å². The molecule has 1 aromatic rings. The highest BCUT2D eigenvalue weighted by molar-refractivity contribution is 5.19. The molecule has 1 fully saturated rings. The van der Waals surface area contributed by atoms with Crippen LogP contribution in [0.1, 0.15) is 45.2 Å². The number of nitrogens with one attached hydrogen (secondary N) is 1. The molecule has 1 aromatic heterocycles. The molecule has 100 valence electrons. The minimum absolute atomic E-state index is 0.654. The fourth-order valence-electron chi connectivity index (χ4n) is 1.88. The van der Waals surface area contributed by atoms with Gasteiger partial charge in [0.2, 0.25) is 0 Å². The Hall–Kier alpha value is -1.09. The van der Waals surface area contributed by atoms with Crippen LogP contribution in [-0.4, -0.2) is 17.6 Å². The molecule has 3 heteroatoms. The Balaban J connectivity index is 1.75.